The molecule has 1 spiro atoms. The molecule has 0 amide bonds. The number of allylic oxidation sites excluding steroid dienone is 5. The summed E-state index contributed by atoms with van der Waals surface area (Å²) in [6.45, 7) is 15.9. The molecule has 0 radical (unpaired) electrons. The third-order valence-corrected chi connectivity index (χ3v) is 12.3. The van der Waals surface area contributed by atoms with Gasteiger partial charge in [-0.25, -0.2) is 14.4 Å². The molecule has 1 aliphatic carbocycles. The number of carboxylic acids is 2. The number of esters is 1. The second kappa shape index (κ2) is 21.0. The summed E-state index contributed by atoms with van der Waals surface area (Å²) in [7, 11) is 3.83. The van der Waals surface area contributed by atoms with Crippen LogP contribution in [0.4, 0.5) is 0 Å². The van der Waals surface area contributed by atoms with E-state index in [0.717, 1.165) is 12.0 Å². The number of carbonyl (C=O) groups is 4. The topological polar surface area (TPSA) is 178 Å². The molecular formula is C50H63Cl2NO12. The average Bonchev–Trinajstić information content (AvgIpc) is 3.41. The van der Waals surface area contributed by atoms with Crippen molar-refractivity contribution < 1.29 is 58.2 Å². The lowest BCUT2D eigenvalue weighted by atomic mass is 9.60. The van der Waals surface area contributed by atoms with E-state index in [0.29, 0.717) is 66.5 Å². The molecule has 4 aliphatic rings. The molecule has 0 saturated carbocycles. The first-order chi connectivity index (χ1) is 30.0. The third-order valence-electron chi connectivity index (χ3n) is 12.0. The molecule has 0 aromatic heterocycles. The molecule has 65 heavy (non-hydrogen) atoms. The highest BCUT2D eigenvalue weighted by molar-refractivity contribution is 6.30. The van der Waals surface area contributed by atoms with Crippen LogP contribution < -0.4 is 14.2 Å². The maximum Gasteiger partial charge on any atom is 0.344 e. The van der Waals surface area contributed by atoms with Crippen molar-refractivity contribution in [3.8, 4) is 23.0 Å². The fraction of sp³-hybridized carbons (Fsp3) is 0.480. The normalized spacial score (nSPS) is 23.3. The highest BCUT2D eigenvalue weighted by atomic mass is 35.5. The van der Waals surface area contributed by atoms with Crippen molar-refractivity contribution >= 4 is 53.8 Å². The fourth-order valence-electron chi connectivity index (χ4n) is 8.72. The van der Waals surface area contributed by atoms with Gasteiger partial charge < -0.3 is 43.9 Å². The van der Waals surface area contributed by atoms with Crippen LogP contribution in [0, 0.1) is 5.92 Å². The van der Waals surface area contributed by atoms with Crippen LogP contribution in [0.2, 0.25) is 5.02 Å². The van der Waals surface area contributed by atoms with Crippen molar-refractivity contribution in [3.05, 3.63) is 98.7 Å². The minimum absolute atomic E-state index is 0. The number of benzene rings is 2. The van der Waals surface area contributed by atoms with E-state index in [1.54, 1.807) is 50.3 Å². The van der Waals surface area contributed by atoms with E-state index in [4.69, 9.17) is 35.3 Å². The maximum atomic E-state index is 14.7. The van der Waals surface area contributed by atoms with Crippen LogP contribution in [0.1, 0.15) is 109 Å². The third kappa shape index (κ3) is 11.1. The second-order valence-corrected chi connectivity index (χ2v) is 18.7. The van der Waals surface area contributed by atoms with Crippen molar-refractivity contribution in [1.29, 1.82) is 0 Å². The lowest BCUT2D eigenvalue weighted by Gasteiger charge is -2.50. The summed E-state index contributed by atoms with van der Waals surface area (Å²) in [4.78, 5) is 53.2. The van der Waals surface area contributed by atoms with Gasteiger partial charge in [-0.3, -0.25) is 4.79 Å². The number of carboxylic acid groups (broad SMARTS) is 2. The number of likely N-dealkylation sites (N-methyl/N-ethyl adjacent to an activating group) is 1. The Bertz CT molecular complexity index is 2300. The first-order valence-corrected chi connectivity index (χ1v) is 21.9. The minimum atomic E-state index is -2.16. The number of aromatic hydroxyl groups is 1. The van der Waals surface area contributed by atoms with Gasteiger partial charge in [0.1, 0.15) is 40.8 Å². The fourth-order valence-corrected chi connectivity index (χ4v) is 8.85. The van der Waals surface area contributed by atoms with Crippen LogP contribution in [0.15, 0.2) is 76.9 Å². The van der Waals surface area contributed by atoms with Gasteiger partial charge >= 0.3 is 17.9 Å². The van der Waals surface area contributed by atoms with Crippen molar-refractivity contribution in [2.24, 2.45) is 5.92 Å². The van der Waals surface area contributed by atoms with Crippen molar-refractivity contribution in [2.45, 2.75) is 116 Å². The van der Waals surface area contributed by atoms with Crippen molar-refractivity contribution in [1.82, 2.24) is 4.90 Å². The van der Waals surface area contributed by atoms with Crippen LogP contribution in [0.5, 0.6) is 23.0 Å². The average molecular weight is 941 g/mol. The smallest absolute Gasteiger partial charge is 0.344 e. The summed E-state index contributed by atoms with van der Waals surface area (Å²) in [5.74, 6) is -3.31. The number of halogens is 2. The van der Waals surface area contributed by atoms with E-state index in [-0.39, 0.29) is 59.6 Å². The summed E-state index contributed by atoms with van der Waals surface area (Å²) in [5.41, 5.74) is -2.67. The number of ether oxygens (including phenoxy) is 5. The van der Waals surface area contributed by atoms with Gasteiger partial charge in [0.25, 0.3) is 0 Å². The van der Waals surface area contributed by atoms with E-state index < -0.39 is 46.0 Å². The van der Waals surface area contributed by atoms with Crippen LogP contribution in [-0.4, -0.2) is 100 Å². The van der Waals surface area contributed by atoms with Gasteiger partial charge in [-0.1, -0.05) is 47.1 Å². The van der Waals surface area contributed by atoms with Crippen molar-refractivity contribution in [3.63, 3.8) is 0 Å². The molecule has 1 saturated heterocycles. The van der Waals surface area contributed by atoms with Gasteiger partial charge in [0.05, 0.1) is 11.2 Å². The number of carbonyl (C=O) groups excluding carboxylic acids is 2. The van der Waals surface area contributed by atoms with Gasteiger partial charge in [0.2, 0.25) is 5.60 Å². The Morgan fingerprint density at radius 3 is 2.22 bits per heavy atom. The van der Waals surface area contributed by atoms with Crippen LogP contribution in [-0.2, 0) is 30.3 Å². The number of hydrogen-bond acceptors (Lipinski definition) is 11. The Labute approximate surface area is 393 Å². The zero-order valence-corrected chi connectivity index (χ0v) is 40.5. The zero-order chi connectivity index (χ0) is 47.4. The standard InChI is InChI=1S/C38H46O9.C12H16ClNO3.ClH/c1-21(2)11-10-18-36(8)19-17-24-29(39)28-30(40)26-12-9-13-27-35(6,7)47-37(34(43)44,20-16-23(5)33(41)42)38(26,27)46-32(28)25(31(24)45-36)15-14-22(3)4;1-14(2)7-8-16-12(15)9-17-11-5-3-10(13)4-6-11;/h11-12,14,16-17,19,27,39H,9-10,13,15,18,20H2,1-8H3,(H,41,42)(H,43,44);3-6H,7-9H2,1-2H3;1H. The zero-order valence-electron chi connectivity index (χ0n) is 39.0. The molecule has 1 fully saturated rings. The molecule has 3 heterocycles. The van der Waals surface area contributed by atoms with Crippen LogP contribution >= 0.6 is 24.0 Å². The second-order valence-electron chi connectivity index (χ2n) is 18.2. The van der Waals surface area contributed by atoms with Crippen LogP contribution in [0.25, 0.3) is 6.08 Å². The van der Waals surface area contributed by atoms with E-state index >= 15 is 0 Å². The SMILES string of the molecule is CC(C)=CCCC1(C)C=Cc2c(O)c3c(c(CC=C(C)C)c2O1)OC12C(=CCCC1C(C)(C)OC2(CC=C(C)C(=O)O)C(=O)O)C3=O.CN(C)CCOC(=O)COc1ccc(Cl)cc1.Cl. The molecule has 2 aromatic rings. The monoisotopic (exact) mass is 939 g/mol. The quantitative estimate of drug-likeness (QED) is 0.0874. The molecule has 4 atom stereocenters. The first kappa shape index (κ1) is 52.5. The number of aliphatic carboxylic acids is 2. The van der Waals surface area contributed by atoms with Gasteiger partial charge in [-0.15, -0.1) is 12.4 Å². The molecule has 15 heteroatoms. The Morgan fingerprint density at radius 2 is 1.62 bits per heavy atom. The van der Waals surface area contributed by atoms with E-state index in [1.807, 2.05) is 65.8 Å². The summed E-state index contributed by atoms with van der Waals surface area (Å²) < 4.78 is 30.4. The summed E-state index contributed by atoms with van der Waals surface area (Å²) in [5, 5.41) is 33.0. The number of phenolic OH excluding ortho intramolecular Hbond substituents is 1. The van der Waals surface area contributed by atoms with E-state index in [9.17, 15) is 34.5 Å². The number of rotatable bonds is 15. The summed E-state index contributed by atoms with van der Waals surface area (Å²) in [6, 6.07) is 6.81. The number of phenols is 1. The molecule has 0 bridgehead atoms. The minimum Gasteiger partial charge on any atom is -0.506 e. The van der Waals surface area contributed by atoms with Crippen molar-refractivity contribution in [2.75, 3.05) is 33.9 Å². The predicted molar refractivity (Wildman–Crippen MR) is 252 cm³/mol. The first-order valence-electron chi connectivity index (χ1n) is 21.5. The van der Waals surface area contributed by atoms with Gasteiger partial charge in [0.15, 0.2) is 18.0 Å². The lowest BCUT2D eigenvalue weighted by molar-refractivity contribution is -0.184. The molecule has 3 N–H and O–H groups in total. The van der Waals surface area contributed by atoms with Gasteiger partial charge in [0, 0.05) is 40.6 Å². The molecule has 13 nitrogen and oxygen atoms in total. The molecule has 2 aromatic carbocycles. The Balaban J connectivity index is 0.000000433. The predicted octanol–water partition coefficient (Wildman–Crippen LogP) is 9.76. The number of hydrogen-bond donors (Lipinski definition) is 3. The Hall–Kier alpha value is -5.08. The summed E-state index contributed by atoms with van der Waals surface area (Å²) in [6.07, 6.45) is 13.1. The highest BCUT2D eigenvalue weighted by Crippen LogP contribution is 2.64. The molecule has 3 aliphatic heterocycles. The summed E-state index contributed by atoms with van der Waals surface area (Å²) >= 11 is 5.72. The molecule has 6 rings (SSSR count). The largest absolute Gasteiger partial charge is 0.506 e. The van der Waals surface area contributed by atoms with Crippen LogP contribution in [0.3, 0.4) is 0 Å². The molecule has 354 valence electrons. The number of nitrogens with zero attached hydrogens (tertiary/aromatic N) is 1. The number of fused-ring (bicyclic) bond motifs is 2. The Morgan fingerprint density at radius 1 is 0.954 bits per heavy atom. The number of Topliss-reactive ketones (excluding diaryl/α,β-unsaturated/α-hetero) is 1. The lowest BCUT2D eigenvalue weighted by Crippen LogP contribution is -2.66. The maximum absolute atomic E-state index is 14.7. The highest BCUT2D eigenvalue weighted by Gasteiger charge is 2.77. The van der Waals surface area contributed by atoms with E-state index in [1.165, 1.54) is 18.6 Å². The van der Waals surface area contributed by atoms with Gasteiger partial charge in [-0.05, 0) is 138 Å². The molecule has 4 unspecified atom stereocenters. The molecular weight excluding hydrogens is 877 g/mol. The Kier molecular flexibility index (Phi) is 17.0. The number of ketones is 1. The van der Waals surface area contributed by atoms with Gasteiger partial charge in [-0.2, -0.15) is 0 Å². The van der Waals surface area contributed by atoms with E-state index in [2.05, 4.69) is 6.08 Å².